The Hall–Kier alpha value is -1.54. The second kappa shape index (κ2) is 8.91. The largest absolute Gasteiger partial charge is 0.369 e. The summed E-state index contributed by atoms with van der Waals surface area (Å²) in [4.78, 5) is 24.2. The number of ether oxygens (including phenoxy) is 1. The van der Waals surface area contributed by atoms with Crippen molar-refractivity contribution in [3.63, 3.8) is 0 Å². The molecule has 1 aliphatic carbocycles. The van der Waals surface area contributed by atoms with Crippen LogP contribution in [-0.2, 0) is 36.0 Å². The maximum Gasteiger partial charge on any atom is 0.261 e. The number of hydrogen-bond acceptors (Lipinski definition) is 6. The predicted octanol–water partition coefficient (Wildman–Crippen LogP) is 2.88. The van der Waals surface area contributed by atoms with E-state index in [1.54, 1.807) is 11.3 Å². The van der Waals surface area contributed by atoms with Gasteiger partial charge in [0, 0.05) is 29.2 Å². The van der Waals surface area contributed by atoms with Gasteiger partial charge >= 0.3 is 0 Å². The maximum absolute atomic E-state index is 12.8. The molecule has 3 aliphatic rings. The zero-order valence-corrected chi connectivity index (χ0v) is 19.0. The van der Waals surface area contributed by atoms with Gasteiger partial charge in [-0.05, 0) is 75.7 Å². The average molecular weight is 449 g/mol. The van der Waals surface area contributed by atoms with Gasteiger partial charge in [-0.15, -0.1) is 23.7 Å². The number of amides is 1. The third-order valence-corrected chi connectivity index (χ3v) is 7.79. The number of aryl methyl sites for hydroxylation is 2. The molecule has 1 saturated heterocycles. The van der Waals surface area contributed by atoms with Gasteiger partial charge in [0.05, 0.1) is 11.5 Å². The Labute approximate surface area is 187 Å². The monoisotopic (exact) mass is 448 g/mol. The zero-order chi connectivity index (χ0) is 19.8. The van der Waals surface area contributed by atoms with Gasteiger partial charge in [0.2, 0.25) is 0 Å². The van der Waals surface area contributed by atoms with Gasteiger partial charge in [-0.3, -0.25) is 4.79 Å². The first-order valence-electron chi connectivity index (χ1n) is 10.8. The lowest BCUT2D eigenvalue weighted by Crippen LogP contribution is -2.43. The van der Waals surface area contributed by atoms with Gasteiger partial charge in [0.15, 0.2) is 0 Å². The molecule has 2 aromatic rings. The minimum atomic E-state index is -0.183. The Kier molecular flexibility index (Phi) is 6.44. The quantitative estimate of drug-likeness (QED) is 0.752. The molecule has 0 unspecified atom stereocenters. The number of carbonyl (C=O) groups is 1. The highest BCUT2D eigenvalue weighted by Crippen LogP contribution is 2.44. The summed E-state index contributed by atoms with van der Waals surface area (Å²) in [5, 5.41) is 6.49. The highest BCUT2D eigenvalue weighted by molar-refractivity contribution is 7.14. The van der Waals surface area contributed by atoms with E-state index in [2.05, 4.69) is 28.6 Å². The van der Waals surface area contributed by atoms with E-state index in [1.165, 1.54) is 28.1 Å². The van der Waals surface area contributed by atoms with Crippen molar-refractivity contribution < 1.29 is 9.53 Å². The molecule has 0 bridgehead atoms. The van der Waals surface area contributed by atoms with Gasteiger partial charge in [-0.1, -0.05) is 0 Å². The summed E-state index contributed by atoms with van der Waals surface area (Å²) in [6.45, 7) is 5.33. The SMILES string of the molecule is Cc1nc(CCNC(=O)c2cc3c(s2)C2(CCNCC2)OCC3)nc2c1CCC2.Cl. The average Bonchev–Trinajstić information content (AvgIpc) is 3.37. The number of aromatic nitrogens is 2. The third-order valence-electron chi connectivity index (χ3n) is 6.43. The second-order valence-electron chi connectivity index (χ2n) is 8.32. The van der Waals surface area contributed by atoms with Crippen LogP contribution in [0.25, 0.3) is 0 Å². The molecule has 1 amide bonds. The smallest absolute Gasteiger partial charge is 0.261 e. The van der Waals surface area contributed by atoms with E-state index in [0.717, 1.165) is 68.2 Å². The fourth-order valence-corrected chi connectivity index (χ4v) is 6.23. The number of fused-ring (bicyclic) bond motifs is 3. The van der Waals surface area contributed by atoms with E-state index < -0.39 is 0 Å². The van der Waals surface area contributed by atoms with Crippen LogP contribution >= 0.6 is 23.7 Å². The van der Waals surface area contributed by atoms with Crippen molar-refractivity contribution in [1.29, 1.82) is 0 Å². The van der Waals surface area contributed by atoms with Gasteiger partial charge in [-0.25, -0.2) is 9.97 Å². The van der Waals surface area contributed by atoms with Crippen molar-refractivity contribution in [2.75, 3.05) is 26.2 Å². The minimum absolute atomic E-state index is 0. The molecule has 0 aromatic carbocycles. The highest BCUT2D eigenvalue weighted by atomic mass is 35.5. The Morgan fingerprint density at radius 1 is 1.27 bits per heavy atom. The molecule has 8 heteroatoms. The lowest BCUT2D eigenvalue weighted by atomic mass is 9.86. The number of nitrogens with zero attached hydrogens (tertiary/aromatic N) is 2. The molecular weight excluding hydrogens is 420 g/mol. The van der Waals surface area contributed by atoms with Gasteiger partial charge < -0.3 is 15.4 Å². The van der Waals surface area contributed by atoms with Gasteiger partial charge in [-0.2, -0.15) is 0 Å². The Balaban J connectivity index is 0.00000218. The summed E-state index contributed by atoms with van der Waals surface area (Å²) in [6, 6.07) is 2.08. The lowest BCUT2D eigenvalue weighted by Gasteiger charge is -2.40. The summed E-state index contributed by atoms with van der Waals surface area (Å²) in [7, 11) is 0. The molecule has 5 rings (SSSR count). The maximum atomic E-state index is 12.8. The van der Waals surface area contributed by atoms with E-state index in [4.69, 9.17) is 9.72 Å². The van der Waals surface area contributed by atoms with Crippen molar-refractivity contribution in [1.82, 2.24) is 20.6 Å². The van der Waals surface area contributed by atoms with E-state index in [-0.39, 0.29) is 23.9 Å². The van der Waals surface area contributed by atoms with Crippen LogP contribution in [0.1, 0.15) is 62.2 Å². The number of thiophene rings is 1. The summed E-state index contributed by atoms with van der Waals surface area (Å²) < 4.78 is 6.23. The first-order valence-corrected chi connectivity index (χ1v) is 11.6. The van der Waals surface area contributed by atoms with Crippen LogP contribution in [0.4, 0.5) is 0 Å². The van der Waals surface area contributed by atoms with Crippen molar-refractivity contribution in [3.8, 4) is 0 Å². The van der Waals surface area contributed by atoms with Crippen molar-refractivity contribution >= 4 is 29.7 Å². The van der Waals surface area contributed by atoms with Crippen LogP contribution in [-0.4, -0.2) is 42.1 Å². The number of piperidine rings is 1. The first kappa shape index (κ1) is 21.7. The molecule has 1 spiro atoms. The highest BCUT2D eigenvalue weighted by Gasteiger charge is 2.41. The normalized spacial score (nSPS) is 19.1. The Bertz CT molecular complexity index is 939. The first-order chi connectivity index (χ1) is 14.1. The minimum Gasteiger partial charge on any atom is -0.369 e. The Morgan fingerprint density at radius 2 is 2.10 bits per heavy atom. The molecule has 2 N–H and O–H groups in total. The van der Waals surface area contributed by atoms with Crippen LogP contribution in [0.3, 0.4) is 0 Å². The Morgan fingerprint density at radius 3 is 2.93 bits per heavy atom. The number of rotatable bonds is 4. The second-order valence-corrected chi connectivity index (χ2v) is 9.37. The molecule has 30 heavy (non-hydrogen) atoms. The van der Waals surface area contributed by atoms with Gasteiger partial charge in [0.1, 0.15) is 11.4 Å². The molecule has 0 saturated carbocycles. The zero-order valence-electron chi connectivity index (χ0n) is 17.4. The molecule has 6 nitrogen and oxygen atoms in total. The molecule has 1 fully saturated rings. The molecule has 4 heterocycles. The van der Waals surface area contributed by atoms with Crippen LogP contribution in [0.2, 0.25) is 0 Å². The summed E-state index contributed by atoms with van der Waals surface area (Å²) in [6.07, 6.45) is 6.86. The van der Waals surface area contributed by atoms with Crippen molar-refractivity contribution in [3.05, 3.63) is 44.2 Å². The molecule has 0 atom stereocenters. The molecule has 0 radical (unpaired) electrons. The van der Waals surface area contributed by atoms with E-state index >= 15 is 0 Å². The van der Waals surface area contributed by atoms with Crippen LogP contribution in [0.15, 0.2) is 6.07 Å². The summed E-state index contributed by atoms with van der Waals surface area (Å²) in [5.74, 6) is 0.849. The summed E-state index contributed by atoms with van der Waals surface area (Å²) in [5.41, 5.74) is 4.75. The van der Waals surface area contributed by atoms with Crippen LogP contribution in [0.5, 0.6) is 0 Å². The van der Waals surface area contributed by atoms with Crippen LogP contribution < -0.4 is 10.6 Å². The standard InChI is InChI=1S/C22H28N4O2S.ClH/c1-14-16-3-2-4-17(16)26-19(25-14)5-9-24-21(27)18-13-15-6-12-28-22(20(15)29-18)7-10-23-11-8-22;/h13,23H,2-12H2,1H3,(H,24,27);1H. The van der Waals surface area contributed by atoms with E-state index in [0.29, 0.717) is 13.0 Å². The topological polar surface area (TPSA) is 76.1 Å². The van der Waals surface area contributed by atoms with E-state index in [1.807, 2.05) is 0 Å². The molecular formula is C22H29ClN4O2S. The fourth-order valence-electron chi connectivity index (χ4n) is 4.91. The van der Waals surface area contributed by atoms with E-state index in [9.17, 15) is 4.79 Å². The number of halogens is 1. The molecule has 2 aromatic heterocycles. The lowest BCUT2D eigenvalue weighted by molar-refractivity contribution is -0.0771. The van der Waals surface area contributed by atoms with Crippen LogP contribution in [0, 0.1) is 6.92 Å². The number of carbonyl (C=O) groups excluding carboxylic acids is 1. The third kappa shape index (κ3) is 4.00. The molecule has 2 aliphatic heterocycles. The number of nitrogens with one attached hydrogen (secondary N) is 2. The van der Waals surface area contributed by atoms with Crippen molar-refractivity contribution in [2.24, 2.45) is 0 Å². The predicted molar refractivity (Wildman–Crippen MR) is 120 cm³/mol. The number of hydrogen-bond donors (Lipinski definition) is 2. The van der Waals surface area contributed by atoms with Crippen molar-refractivity contribution in [2.45, 2.75) is 57.5 Å². The van der Waals surface area contributed by atoms with Gasteiger partial charge in [0.25, 0.3) is 5.91 Å². The fraction of sp³-hybridized carbons (Fsp3) is 0.591. The summed E-state index contributed by atoms with van der Waals surface area (Å²) >= 11 is 1.62. The molecule has 162 valence electrons.